The molecule has 0 aliphatic carbocycles. The van der Waals surface area contributed by atoms with E-state index in [1.807, 2.05) is 27.7 Å². The molecule has 0 amide bonds. The van der Waals surface area contributed by atoms with E-state index in [9.17, 15) is 17.2 Å². The highest BCUT2D eigenvalue weighted by atomic mass is 32.2. The van der Waals surface area contributed by atoms with Gasteiger partial charge in [0.15, 0.2) is 5.82 Å². The monoisotopic (exact) mass is 321 g/mol. The van der Waals surface area contributed by atoms with Crippen molar-refractivity contribution in [2.24, 2.45) is 11.3 Å². The van der Waals surface area contributed by atoms with E-state index >= 15 is 0 Å². The molecule has 0 fully saturated rings. The lowest BCUT2D eigenvalue weighted by Gasteiger charge is -2.29. The summed E-state index contributed by atoms with van der Waals surface area (Å²) in [5.41, 5.74) is -0.968. The molecule has 0 bridgehead atoms. The smallest absolute Gasteiger partial charge is 0.243 e. The van der Waals surface area contributed by atoms with Crippen molar-refractivity contribution in [3.8, 4) is 0 Å². The second kappa shape index (κ2) is 6.37. The van der Waals surface area contributed by atoms with Gasteiger partial charge in [-0.15, -0.1) is 0 Å². The number of hydrogen-bond acceptors (Lipinski definition) is 3. The van der Waals surface area contributed by atoms with Crippen LogP contribution in [0.5, 0.6) is 0 Å². The Bertz CT molecular complexity index is 613. The SMILES string of the molecule is CC(C)C(C)(C)CNS(=O)(=O)c1ccc(F)c(CO)c1F. The van der Waals surface area contributed by atoms with Gasteiger partial charge in [-0.05, 0) is 23.5 Å². The van der Waals surface area contributed by atoms with Crippen molar-refractivity contribution in [2.75, 3.05) is 6.54 Å². The molecule has 0 radical (unpaired) electrons. The average Bonchev–Trinajstić information content (AvgIpc) is 2.36. The number of benzene rings is 1. The first-order valence-corrected chi connectivity index (χ1v) is 8.08. The lowest BCUT2D eigenvalue weighted by Crippen LogP contribution is -2.37. The minimum absolute atomic E-state index is 0.123. The zero-order chi connectivity index (χ0) is 16.4. The van der Waals surface area contributed by atoms with Gasteiger partial charge in [-0.1, -0.05) is 27.7 Å². The Kier molecular flexibility index (Phi) is 5.46. The predicted molar refractivity (Wildman–Crippen MR) is 76.1 cm³/mol. The van der Waals surface area contributed by atoms with Crippen LogP contribution in [0.1, 0.15) is 33.3 Å². The Morgan fingerprint density at radius 2 is 1.86 bits per heavy atom. The summed E-state index contributed by atoms with van der Waals surface area (Å²) >= 11 is 0. The van der Waals surface area contributed by atoms with Crippen molar-refractivity contribution in [1.82, 2.24) is 4.72 Å². The molecule has 1 rings (SSSR count). The largest absolute Gasteiger partial charge is 0.391 e. The Morgan fingerprint density at radius 1 is 1.29 bits per heavy atom. The summed E-state index contributed by atoms with van der Waals surface area (Å²) in [6, 6.07) is 1.69. The molecule has 0 aliphatic heterocycles. The van der Waals surface area contributed by atoms with Gasteiger partial charge in [-0.3, -0.25) is 0 Å². The maximum absolute atomic E-state index is 14.0. The van der Waals surface area contributed by atoms with Gasteiger partial charge in [0.2, 0.25) is 10.0 Å². The highest BCUT2D eigenvalue weighted by Gasteiger charge is 2.28. The van der Waals surface area contributed by atoms with Crippen molar-refractivity contribution in [1.29, 1.82) is 0 Å². The quantitative estimate of drug-likeness (QED) is 0.845. The second-order valence-electron chi connectivity index (χ2n) is 5.96. The Labute approximate surface area is 124 Å². The molecule has 120 valence electrons. The lowest BCUT2D eigenvalue weighted by atomic mass is 9.81. The van der Waals surface area contributed by atoms with Crippen molar-refractivity contribution in [2.45, 2.75) is 39.2 Å². The maximum atomic E-state index is 14.0. The average molecular weight is 321 g/mol. The minimum atomic E-state index is -4.11. The highest BCUT2D eigenvalue weighted by molar-refractivity contribution is 7.89. The topological polar surface area (TPSA) is 66.4 Å². The van der Waals surface area contributed by atoms with E-state index in [0.717, 1.165) is 12.1 Å². The fraction of sp³-hybridized carbons (Fsp3) is 0.571. The predicted octanol–water partition coefficient (Wildman–Crippen LogP) is 2.42. The number of halogens is 2. The normalized spacial score (nSPS) is 13.0. The van der Waals surface area contributed by atoms with E-state index < -0.39 is 38.7 Å². The number of nitrogens with one attached hydrogen (secondary N) is 1. The number of aliphatic hydroxyl groups excluding tert-OH is 1. The van der Waals surface area contributed by atoms with Crippen molar-refractivity contribution in [3.63, 3.8) is 0 Å². The summed E-state index contributed by atoms with van der Waals surface area (Å²) in [4.78, 5) is -0.660. The van der Waals surface area contributed by atoms with Gasteiger partial charge >= 0.3 is 0 Å². The summed E-state index contributed by atoms with van der Waals surface area (Å²) in [6.45, 7) is 6.91. The van der Waals surface area contributed by atoms with E-state index in [1.54, 1.807) is 0 Å². The molecule has 1 aromatic rings. The molecule has 0 unspecified atom stereocenters. The zero-order valence-corrected chi connectivity index (χ0v) is 13.4. The number of hydrogen-bond donors (Lipinski definition) is 2. The van der Waals surface area contributed by atoms with Crippen LogP contribution in [0.2, 0.25) is 0 Å². The van der Waals surface area contributed by atoms with Crippen LogP contribution in [0, 0.1) is 23.0 Å². The molecule has 4 nitrogen and oxygen atoms in total. The van der Waals surface area contributed by atoms with Gasteiger partial charge in [-0.2, -0.15) is 0 Å². The van der Waals surface area contributed by atoms with Gasteiger partial charge in [0.05, 0.1) is 12.2 Å². The third kappa shape index (κ3) is 3.99. The fourth-order valence-corrected chi connectivity index (χ4v) is 2.82. The Hall–Kier alpha value is -1.05. The van der Waals surface area contributed by atoms with Crippen molar-refractivity contribution in [3.05, 3.63) is 29.3 Å². The molecule has 0 heterocycles. The zero-order valence-electron chi connectivity index (χ0n) is 12.6. The highest BCUT2D eigenvalue weighted by Crippen LogP contribution is 2.26. The summed E-state index contributed by atoms with van der Waals surface area (Å²) in [5.74, 6) is -2.02. The molecule has 2 N–H and O–H groups in total. The second-order valence-corrected chi connectivity index (χ2v) is 7.70. The number of rotatable bonds is 6. The van der Waals surface area contributed by atoms with Gasteiger partial charge in [0.1, 0.15) is 10.7 Å². The third-order valence-corrected chi connectivity index (χ3v) is 5.30. The van der Waals surface area contributed by atoms with Gasteiger partial charge < -0.3 is 5.11 Å². The number of aliphatic hydroxyl groups is 1. The molecule has 21 heavy (non-hydrogen) atoms. The molecule has 7 heteroatoms. The first-order chi connectivity index (χ1) is 9.53. The van der Waals surface area contributed by atoms with Crippen molar-refractivity contribution < 1.29 is 22.3 Å². The van der Waals surface area contributed by atoms with Crippen LogP contribution in [-0.4, -0.2) is 20.1 Å². The van der Waals surface area contributed by atoms with E-state index in [4.69, 9.17) is 5.11 Å². The van der Waals surface area contributed by atoms with Gasteiger partial charge in [0.25, 0.3) is 0 Å². The molecule has 0 spiro atoms. The first kappa shape index (κ1) is 18.0. The molecule has 0 saturated carbocycles. The standard InChI is InChI=1S/C14H21F2NO3S/c1-9(2)14(3,4)8-17-21(19,20)12-6-5-11(15)10(7-18)13(12)16/h5-6,9,17-18H,7-8H2,1-4H3. The molecule has 0 saturated heterocycles. The van der Waals surface area contributed by atoms with E-state index in [-0.39, 0.29) is 17.9 Å². The first-order valence-electron chi connectivity index (χ1n) is 6.60. The van der Waals surface area contributed by atoms with Gasteiger partial charge in [-0.25, -0.2) is 21.9 Å². The van der Waals surface area contributed by atoms with Crippen LogP contribution < -0.4 is 4.72 Å². The van der Waals surface area contributed by atoms with Gasteiger partial charge in [0, 0.05) is 6.54 Å². The Balaban J connectivity index is 3.10. The van der Waals surface area contributed by atoms with E-state index in [2.05, 4.69) is 4.72 Å². The number of sulfonamides is 1. The third-order valence-electron chi connectivity index (χ3n) is 3.88. The fourth-order valence-electron chi connectivity index (χ4n) is 1.49. The molecular weight excluding hydrogens is 300 g/mol. The minimum Gasteiger partial charge on any atom is -0.391 e. The van der Waals surface area contributed by atoms with Crippen molar-refractivity contribution >= 4 is 10.0 Å². The van der Waals surface area contributed by atoms with Crippen LogP contribution in [0.25, 0.3) is 0 Å². The summed E-state index contributed by atoms with van der Waals surface area (Å²) in [7, 11) is -4.11. The summed E-state index contributed by atoms with van der Waals surface area (Å²) in [6.07, 6.45) is 0. The Morgan fingerprint density at radius 3 is 2.33 bits per heavy atom. The maximum Gasteiger partial charge on any atom is 0.243 e. The van der Waals surface area contributed by atoms with Crippen LogP contribution >= 0.6 is 0 Å². The molecule has 0 aromatic heterocycles. The lowest BCUT2D eigenvalue weighted by molar-refractivity contribution is 0.252. The van der Waals surface area contributed by atoms with Crippen LogP contribution in [0.3, 0.4) is 0 Å². The van der Waals surface area contributed by atoms with Crippen LogP contribution in [0.4, 0.5) is 8.78 Å². The molecule has 0 aliphatic rings. The molecular formula is C14H21F2NO3S. The molecule has 1 aromatic carbocycles. The van der Waals surface area contributed by atoms with E-state index in [1.165, 1.54) is 0 Å². The van der Waals surface area contributed by atoms with Crippen LogP contribution in [0.15, 0.2) is 17.0 Å². The van der Waals surface area contributed by atoms with E-state index in [0.29, 0.717) is 0 Å². The summed E-state index contributed by atoms with van der Waals surface area (Å²) in [5, 5.41) is 8.93. The van der Waals surface area contributed by atoms with Crippen LogP contribution in [-0.2, 0) is 16.6 Å². The summed E-state index contributed by atoms with van der Waals surface area (Å²) < 4.78 is 53.9. The molecule has 0 atom stereocenters.